The Bertz CT molecular complexity index is 787. The summed E-state index contributed by atoms with van der Waals surface area (Å²) in [7, 11) is 0. The highest BCUT2D eigenvalue weighted by Gasteiger charge is 2.35. The van der Waals surface area contributed by atoms with Gasteiger partial charge in [0.05, 0.1) is 17.8 Å². The molecule has 130 valence electrons. The van der Waals surface area contributed by atoms with Gasteiger partial charge in [0.25, 0.3) is 0 Å². The Morgan fingerprint density at radius 3 is 2.76 bits per heavy atom. The fourth-order valence-corrected chi connectivity index (χ4v) is 3.21. The molecule has 1 aromatic heterocycles. The normalized spacial score (nSPS) is 17.2. The van der Waals surface area contributed by atoms with Gasteiger partial charge in [-0.2, -0.15) is 0 Å². The van der Waals surface area contributed by atoms with Crippen molar-refractivity contribution >= 4 is 23.2 Å². The number of pyridine rings is 1. The zero-order valence-electron chi connectivity index (χ0n) is 14.8. The largest absolute Gasteiger partial charge is 0.325 e. The minimum absolute atomic E-state index is 0.0398. The van der Waals surface area contributed by atoms with E-state index >= 15 is 0 Å². The monoisotopic (exact) mass is 337 g/mol. The predicted octanol–water partition coefficient (Wildman–Crippen LogP) is 3.51. The van der Waals surface area contributed by atoms with Crippen LogP contribution in [0.1, 0.15) is 37.3 Å². The van der Waals surface area contributed by atoms with Crippen LogP contribution in [-0.2, 0) is 9.59 Å². The highest BCUT2D eigenvalue weighted by molar-refractivity contribution is 6.03. The molecular formula is C20H23N3O2. The molecule has 0 spiro atoms. The van der Waals surface area contributed by atoms with Gasteiger partial charge in [-0.15, -0.1) is 0 Å². The lowest BCUT2D eigenvalue weighted by Gasteiger charge is -2.19. The maximum absolute atomic E-state index is 12.8. The molecule has 1 N–H and O–H groups in total. The molecule has 1 unspecified atom stereocenters. The van der Waals surface area contributed by atoms with Crippen LogP contribution in [0.25, 0.3) is 0 Å². The van der Waals surface area contributed by atoms with Gasteiger partial charge in [0.2, 0.25) is 11.8 Å². The first-order valence-corrected chi connectivity index (χ1v) is 8.58. The Hall–Kier alpha value is -2.69. The number of anilines is 2. The molecule has 2 heterocycles. The molecule has 2 aromatic rings. The smallest absolute Gasteiger partial charge is 0.229 e. The highest BCUT2D eigenvalue weighted by Crippen LogP contribution is 2.30. The number of carbonyl (C=O) groups is 2. The third kappa shape index (κ3) is 3.55. The average molecular weight is 337 g/mol. The molecule has 1 aromatic carbocycles. The number of benzene rings is 1. The molecule has 25 heavy (non-hydrogen) atoms. The Kier molecular flexibility index (Phi) is 4.83. The van der Waals surface area contributed by atoms with Gasteiger partial charge in [0, 0.05) is 24.8 Å². The summed E-state index contributed by atoms with van der Waals surface area (Å²) in [5.41, 5.74) is 3.76. The summed E-state index contributed by atoms with van der Waals surface area (Å²) in [6.07, 6.45) is 3.54. The number of para-hydroxylation sites is 1. The Labute approximate surface area is 148 Å². The van der Waals surface area contributed by atoms with Gasteiger partial charge in [-0.3, -0.25) is 14.6 Å². The van der Waals surface area contributed by atoms with Crippen LogP contribution in [-0.4, -0.2) is 23.3 Å². The van der Waals surface area contributed by atoms with Crippen LogP contribution < -0.4 is 10.2 Å². The van der Waals surface area contributed by atoms with Crippen LogP contribution in [0.3, 0.4) is 0 Å². The third-order valence-corrected chi connectivity index (χ3v) is 4.63. The van der Waals surface area contributed by atoms with E-state index in [1.807, 2.05) is 31.2 Å². The first kappa shape index (κ1) is 17.1. The lowest BCUT2D eigenvalue weighted by molar-refractivity contribution is -0.122. The second kappa shape index (κ2) is 7.05. The maximum atomic E-state index is 12.8. The van der Waals surface area contributed by atoms with Crippen molar-refractivity contribution in [2.75, 3.05) is 16.8 Å². The van der Waals surface area contributed by atoms with E-state index in [4.69, 9.17) is 0 Å². The maximum Gasteiger partial charge on any atom is 0.229 e. The molecule has 1 aliphatic heterocycles. The molecule has 1 fully saturated rings. The quantitative estimate of drug-likeness (QED) is 0.929. The van der Waals surface area contributed by atoms with E-state index in [1.54, 1.807) is 23.4 Å². The molecule has 0 bridgehead atoms. The number of rotatable bonds is 4. The van der Waals surface area contributed by atoms with Crippen molar-refractivity contribution in [2.24, 2.45) is 5.92 Å². The van der Waals surface area contributed by atoms with Crippen molar-refractivity contribution in [3.05, 3.63) is 53.9 Å². The topological polar surface area (TPSA) is 62.3 Å². The summed E-state index contributed by atoms with van der Waals surface area (Å²) >= 11 is 0. The lowest BCUT2D eigenvalue weighted by atomic mass is 9.97. The van der Waals surface area contributed by atoms with E-state index < -0.39 is 0 Å². The van der Waals surface area contributed by atoms with E-state index in [9.17, 15) is 9.59 Å². The second-order valence-electron chi connectivity index (χ2n) is 6.80. The summed E-state index contributed by atoms with van der Waals surface area (Å²) in [5, 5.41) is 3.06. The SMILES string of the molecule is Cc1cccc(C(C)C)c1NC(=O)C1CC(=O)N(c2cccnc2)C1. The van der Waals surface area contributed by atoms with Crippen molar-refractivity contribution in [3.8, 4) is 0 Å². The van der Waals surface area contributed by atoms with E-state index in [2.05, 4.69) is 24.1 Å². The predicted molar refractivity (Wildman–Crippen MR) is 98.6 cm³/mol. The van der Waals surface area contributed by atoms with Gasteiger partial charge in [-0.1, -0.05) is 32.0 Å². The Morgan fingerprint density at radius 2 is 2.08 bits per heavy atom. The zero-order valence-corrected chi connectivity index (χ0v) is 14.8. The molecule has 1 aliphatic rings. The lowest BCUT2D eigenvalue weighted by Crippen LogP contribution is -2.28. The van der Waals surface area contributed by atoms with Crippen LogP contribution in [0, 0.1) is 12.8 Å². The Morgan fingerprint density at radius 1 is 1.28 bits per heavy atom. The molecule has 0 aliphatic carbocycles. The molecule has 3 rings (SSSR count). The summed E-state index contributed by atoms with van der Waals surface area (Å²) in [6, 6.07) is 9.66. The number of hydrogen-bond donors (Lipinski definition) is 1. The van der Waals surface area contributed by atoms with Gasteiger partial charge in [0.1, 0.15) is 0 Å². The van der Waals surface area contributed by atoms with E-state index in [1.165, 1.54) is 0 Å². The summed E-state index contributed by atoms with van der Waals surface area (Å²) in [6.45, 7) is 6.59. The second-order valence-corrected chi connectivity index (χ2v) is 6.80. The standard InChI is InChI=1S/C20H23N3O2/c1-13(2)17-8-4-6-14(3)19(17)22-20(25)15-10-18(24)23(12-15)16-7-5-9-21-11-16/h4-9,11,13,15H,10,12H2,1-3H3,(H,22,25). The molecule has 5 nitrogen and oxygen atoms in total. The number of carbonyl (C=O) groups excluding carboxylic acids is 2. The highest BCUT2D eigenvalue weighted by atomic mass is 16.2. The minimum Gasteiger partial charge on any atom is -0.325 e. The number of aromatic nitrogens is 1. The fraction of sp³-hybridized carbons (Fsp3) is 0.350. The zero-order chi connectivity index (χ0) is 18.0. The third-order valence-electron chi connectivity index (χ3n) is 4.63. The van der Waals surface area contributed by atoms with Crippen molar-refractivity contribution in [1.29, 1.82) is 0 Å². The number of nitrogens with zero attached hydrogens (tertiary/aromatic N) is 2. The van der Waals surface area contributed by atoms with Gasteiger partial charge >= 0.3 is 0 Å². The minimum atomic E-state index is -0.354. The molecule has 2 amide bonds. The van der Waals surface area contributed by atoms with E-state index in [0.717, 1.165) is 22.5 Å². The van der Waals surface area contributed by atoms with Crippen LogP contribution in [0.5, 0.6) is 0 Å². The molecule has 1 atom stereocenters. The van der Waals surface area contributed by atoms with Crippen molar-refractivity contribution in [3.63, 3.8) is 0 Å². The summed E-state index contributed by atoms with van der Waals surface area (Å²) in [5.74, 6) is -0.183. The first-order valence-electron chi connectivity index (χ1n) is 8.58. The van der Waals surface area contributed by atoms with Crippen LogP contribution in [0.2, 0.25) is 0 Å². The molecule has 0 saturated carbocycles. The number of hydrogen-bond acceptors (Lipinski definition) is 3. The molecule has 1 saturated heterocycles. The van der Waals surface area contributed by atoms with Gasteiger partial charge in [0.15, 0.2) is 0 Å². The van der Waals surface area contributed by atoms with Gasteiger partial charge < -0.3 is 10.2 Å². The van der Waals surface area contributed by atoms with Crippen LogP contribution in [0.4, 0.5) is 11.4 Å². The van der Waals surface area contributed by atoms with Gasteiger partial charge in [-0.05, 0) is 36.1 Å². The van der Waals surface area contributed by atoms with Gasteiger partial charge in [-0.25, -0.2) is 0 Å². The van der Waals surface area contributed by atoms with Crippen molar-refractivity contribution in [1.82, 2.24) is 4.98 Å². The van der Waals surface area contributed by atoms with Crippen LogP contribution >= 0.6 is 0 Å². The van der Waals surface area contributed by atoms with E-state index in [0.29, 0.717) is 12.5 Å². The summed E-state index contributed by atoms with van der Waals surface area (Å²) in [4.78, 5) is 30.7. The molecule has 5 heteroatoms. The fourth-order valence-electron chi connectivity index (χ4n) is 3.21. The Balaban J connectivity index is 1.76. The van der Waals surface area contributed by atoms with E-state index in [-0.39, 0.29) is 24.2 Å². The number of aryl methyl sites for hydroxylation is 1. The number of amides is 2. The van der Waals surface area contributed by atoms with Crippen LogP contribution in [0.15, 0.2) is 42.7 Å². The molecule has 0 radical (unpaired) electrons. The van der Waals surface area contributed by atoms with Crippen molar-refractivity contribution in [2.45, 2.75) is 33.1 Å². The average Bonchev–Trinajstić information content (AvgIpc) is 2.99. The molecular weight excluding hydrogens is 314 g/mol. The number of nitrogens with one attached hydrogen (secondary N) is 1. The summed E-state index contributed by atoms with van der Waals surface area (Å²) < 4.78 is 0. The van der Waals surface area contributed by atoms with Crippen molar-refractivity contribution < 1.29 is 9.59 Å². The first-order chi connectivity index (χ1) is 12.0.